The van der Waals surface area contributed by atoms with Crippen molar-refractivity contribution in [3.63, 3.8) is 0 Å². The van der Waals surface area contributed by atoms with Gasteiger partial charge in [-0.3, -0.25) is 0 Å². The molecule has 1 unspecified atom stereocenters. The second-order valence-electron chi connectivity index (χ2n) is 4.83. The molecule has 0 radical (unpaired) electrons. The van der Waals surface area contributed by atoms with Gasteiger partial charge < -0.3 is 14.0 Å². The van der Waals surface area contributed by atoms with E-state index in [4.69, 9.17) is 14.0 Å². The zero-order valence-corrected chi connectivity index (χ0v) is 10.5. The predicted octanol–water partition coefficient (Wildman–Crippen LogP) is 1.97. The fourth-order valence-electron chi connectivity index (χ4n) is 2.66. The normalized spacial score (nSPS) is 26.4. The molecule has 4 heteroatoms. The summed E-state index contributed by atoms with van der Waals surface area (Å²) in [5.74, 6) is 0.927. The Morgan fingerprint density at radius 3 is 2.94 bits per heavy atom. The number of rotatable bonds is 1. The number of benzene rings is 1. The van der Waals surface area contributed by atoms with E-state index >= 15 is 0 Å². The van der Waals surface area contributed by atoms with E-state index < -0.39 is 0 Å². The van der Waals surface area contributed by atoms with Crippen molar-refractivity contribution in [3.8, 4) is 5.75 Å². The minimum atomic E-state index is -0.248. The van der Waals surface area contributed by atoms with Gasteiger partial charge >= 0.3 is 7.12 Å². The Labute approximate surface area is 102 Å². The third-order valence-electron chi connectivity index (χ3n) is 3.51. The lowest BCUT2D eigenvalue weighted by Gasteiger charge is -2.16. The van der Waals surface area contributed by atoms with Gasteiger partial charge in [-0.25, -0.2) is 0 Å². The van der Waals surface area contributed by atoms with Crippen molar-refractivity contribution < 1.29 is 14.0 Å². The van der Waals surface area contributed by atoms with Crippen molar-refractivity contribution in [1.29, 1.82) is 0 Å². The van der Waals surface area contributed by atoms with Crippen LogP contribution in [0.15, 0.2) is 12.1 Å². The summed E-state index contributed by atoms with van der Waals surface area (Å²) >= 11 is 0. The van der Waals surface area contributed by atoms with Gasteiger partial charge in [0.05, 0.1) is 12.2 Å². The molecular weight excluding hydrogens is 215 g/mol. The number of aryl methyl sites for hydroxylation is 1. The largest absolute Gasteiger partial charge is 0.498 e. The van der Waals surface area contributed by atoms with Crippen LogP contribution < -0.4 is 10.2 Å². The molecule has 90 valence electrons. The molecule has 0 amide bonds. The third-order valence-corrected chi connectivity index (χ3v) is 3.51. The van der Waals surface area contributed by atoms with E-state index in [2.05, 4.69) is 19.9 Å². The molecule has 0 aliphatic carbocycles. The van der Waals surface area contributed by atoms with Crippen molar-refractivity contribution in [2.24, 2.45) is 0 Å². The Morgan fingerprint density at radius 1 is 1.35 bits per heavy atom. The van der Waals surface area contributed by atoms with Gasteiger partial charge in [0, 0.05) is 5.46 Å². The number of ether oxygens (including phenoxy) is 1. The van der Waals surface area contributed by atoms with Crippen molar-refractivity contribution in [1.82, 2.24) is 0 Å². The summed E-state index contributed by atoms with van der Waals surface area (Å²) in [5.41, 5.74) is 3.64. The highest BCUT2D eigenvalue weighted by Crippen LogP contribution is 2.34. The van der Waals surface area contributed by atoms with Gasteiger partial charge in [-0.15, -0.1) is 0 Å². The molecule has 0 spiro atoms. The predicted molar refractivity (Wildman–Crippen MR) is 66.7 cm³/mol. The van der Waals surface area contributed by atoms with Crippen molar-refractivity contribution in [2.45, 2.75) is 39.4 Å². The molecule has 3 nitrogen and oxygen atoms in total. The van der Waals surface area contributed by atoms with Gasteiger partial charge in [0.2, 0.25) is 0 Å². The van der Waals surface area contributed by atoms with Gasteiger partial charge in [0.1, 0.15) is 12.4 Å². The van der Waals surface area contributed by atoms with E-state index in [0.29, 0.717) is 6.61 Å². The van der Waals surface area contributed by atoms with Crippen LogP contribution in [0.3, 0.4) is 0 Å². The molecule has 0 fully saturated rings. The van der Waals surface area contributed by atoms with Crippen LogP contribution >= 0.6 is 0 Å². The molecule has 2 aliphatic heterocycles. The molecule has 0 saturated heterocycles. The Morgan fingerprint density at radius 2 is 2.18 bits per heavy atom. The molecule has 0 N–H and O–H groups in total. The summed E-state index contributed by atoms with van der Waals surface area (Å²) in [6.45, 7) is 6.87. The maximum Gasteiger partial charge on any atom is 0.498 e. The highest BCUT2D eigenvalue weighted by molar-refractivity contribution is 6.64. The van der Waals surface area contributed by atoms with Gasteiger partial charge in [0.25, 0.3) is 0 Å². The molecular formula is C13H17BO3. The molecule has 2 atom stereocenters. The molecule has 0 saturated carbocycles. The van der Waals surface area contributed by atoms with Gasteiger partial charge in [-0.05, 0) is 37.5 Å². The Kier molecular flexibility index (Phi) is 2.64. The van der Waals surface area contributed by atoms with Crippen LogP contribution in [0.2, 0.25) is 0 Å². The highest BCUT2D eigenvalue weighted by atomic mass is 16.6. The lowest BCUT2D eigenvalue weighted by molar-refractivity contribution is 0.0976. The average Bonchev–Trinajstić information content (AvgIpc) is 2.60. The third kappa shape index (κ3) is 1.67. The van der Waals surface area contributed by atoms with Crippen LogP contribution in [-0.4, -0.2) is 19.8 Å². The summed E-state index contributed by atoms with van der Waals surface area (Å²) in [4.78, 5) is 0. The first-order valence-corrected chi connectivity index (χ1v) is 6.27. The zero-order chi connectivity index (χ0) is 12.0. The fourth-order valence-corrected chi connectivity index (χ4v) is 2.66. The van der Waals surface area contributed by atoms with Crippen molar-refractivity contribution >= 4 is 12.6 Å². The van der Waals surface area contributed by atoms with Crippen LogP contribution in [0.25, 0.3) is 0 Å². The first-order valence-electron chi connectivity index (χ1n) is 6.27. The zero-order valence-electron chi connectivity index (χ0n) is 10.5. The first-order chi connectivity index (χ1) is 8.20. The average molecular weight is 232 g/mol. The van der Waals surface area contributed by atoms with Crippen molar-refractivity contribution in [3.05, 3.63) is 23.3 Å². The van der Waals surface area contributed by atoms with Crippen LogP contribution in [-0.2, 0) is 9.31 Å². The molecule has 17 heavy (non-hydrogen) atoms. The van der Waals surface area contributed by atoms with E-state index in [1.54, 1.807) is 0 Å². The number of hydrogen-bond donors (Lipinski definition) is 0. The lowest BCUT2D eigenvalue weighted by atomic mass is 9.76. The smallest absolute Gasteiger partial charge is 0.491 e. The van der Waals surface area contributed by atoms with Crippen LogP contribution in [0.4, 0.5) is 0 Å². The van der Waals surface area contributed by atoms with E-state index in [9.17, 15) is 0 Å². The second kappa shape index (κ2) is 4.04. The Hall–Kier alpha value is -0.995. The fraction of sp³-hybridized carbons (Fsp3) is 0.538. The van der Waals surface area contributed by atoms with E-state index in [1.165, 1.54) is 11.1 Å². The van der Waals surface area contributed by atoms with Gasteiger partial charge in [-0.1, -0.05) is 13.0 Å². The molecule has 1 aromatic rings. The maximum atomic E-state index is 5.99. The molecule has 2 heterocycles. The summed E-state index contributed by atoms with van der Waals surface area (Å²) in [7, 11) is -0.248. The summed E-state index contributed by atoms with van der Waals surface area (Å²) < 4.78 is 17.7. The minimum Gasteiger partial charge on any atom is -0.491 e. The standard InChI is InChI=1S/C13H17BO3/c1-4-10-12-8(2)5-6-11-13(12)14(17-10)16-9(3)7-15-11/h5-6,9-10H,4,7H2,1-3H3/t9?,10-/m1/s1. The molecule has 3 rings (SSSR count). The summed E-state index contributed by atoms with van der Waals surface area (Å²) in [6.07, 6.45) is 1.17. The molecule has 0 bridgehead atoms. The van der Waals surface area contributed by atoms with Crippen LogP contribution in [0, 0.1) is 6.92 Å². The minimum absolute atomic E-state index is 0.0659. The highest BCUT2D eigenvalue weighted by Gasteiger charge is 2.42. The van der Waals surface area contributed by atoms with Crippen LogP contribution in [0.5, 0.6) is 5.75 Å². The number of hydrogen-bond acceptors (Lipinski definition) is 3. The quantitative estimate of drug-likeness (QED) is 0.693. The topological polar surface area (TPSA) is 27.7 Å². The molecule has 0 aromatic heterocycles. The van der Waals surface area contributed by atoms with Gasteiger partial charge in [0.15, 0.2) is 0 Å². The molecule has 1 aromatic carbocycles. The van der Waals surface area contributed by atoms with E-state index in [-0.39, 0.29) is 19.3 Å². The second-order valence-corrected chi connectivity index (χ2v) is 4.83. The van der Waals surface area contributed by atoms with Crippen LogP contribution in [0.1, 0.15) is 37.5 Å². The lowest BCUT2D eigenvalue weighted by Crippen LogP contribution is -2.34. The first kappa shape index (κ1) is 11.1. The Balaban J connectivity index is 2.14. The van der Waals surface area contributed by atoms with E-state index in [0.717, 1.165) is 17.6 Å². The SMILES string of the molecule is CC[C@H]1OB2OC(C)COc3ccc(C)c1c32. The van der Waals surface area contributed by atoms with E-state index in [1.807, 2.05) is 13.0 Å². The summed E-state index contributed by atoms with van der Waals surface area (Å²) in [6, 6.07) is 4.14. The molecule has 2 aliphatic rings. The monoisotopic (exact) mass is 232 g/mol. The van der Waals surface area contributed by atoms with Crippen molar-refractivity contribution in [2.75, 3.05) is 6.61 Å². The Bertz CT molecular complexity index is 447. The maximum absolute atomic E-state index is 5.99. The summed E-state index contributed by atoms with van der Waals surface area (Å²) in [5, 5.41) is 0. The van der Waals surface area contributed by atoms with Gasteiger partial charge in [-0.2, -0.15) is 0 Å².